The van der Waals surface area contributed by atoms with E-state index in [1.165, 1.54) is 7.11 Å². The van der Waals surface area contributed by atoms with Crippen LogP contribution in [0.25, 0.3) is 22.4 Å². The summed E-state index contributed by atoms with van der Waals surface area (Å²) in [7, 11) is 2.98. The monoisotopic (exact) mass is 324 g/mol. The van der Waals surface area contributed by atoms with Crippen molar-refractivity contribution in [2.24, 2.45) is 0 Å². The van der Waals surface area contributed by atoms with Crippen LogP contribution in [0.3, 0.4) is 0 Å². The maximum Gasteiger partial charge on any atom is 0.338 e. The van der Waals surface area contributed by atoms with Gasteiger partial charge in [0.15, 0.2) is 0 Å². The number of rotatable bonds is 4. The predicted octanol–water partition coefficient (Wildman–Crippen LogP) is 3.56. The summed E-state index contributed by atoms with van der Waals surface area (Å²) < 4.78 is 15.5. The molecule has 0 amide bonds. The number of aromatic nitrogens is 2. The molecule has 1 aliphatic carbocycles. The molecule has 0 unspecified atom stereocenters. The van der Waals surface area contributed by atoms with Crippen molar-refractivity contribution in [3.63, 3.8) is 0 Å². The fraction of sp³-hybridized carbons (Fsp3) is 0.278. The minimum absolute atomic E-state index is 0.366. The summed E-state index contributed by atoms with van der Waals surface area (Å²) in [5, 5.41) is 4.71. The van der Waals surface area contributed by atoms with Crippen LogP contribution in [0.1, 0.15) is 34.8 Å². The van der Waals surface area contributed by atoms with Gasteiger partial charge in [-0.2, -0.15) is 0 Å². The molecular formula is C18H16N2O4. The van der Waals surface area contributed by atoms with Gasteiger partial charge in [0.1, 0.15) is 11.4 Å². The van der Waals surface area contributed by atoms with Crippen LogP contribution in [-0.4, -0.2) is 30.3 Å². The minimum atomic E-state index is -0.415. The number of carbonyl (C=O) groups excluding carboxylic acids is 1. The Labute approximate surface area is 138 Å². The average molecular weight is 324 g/mol. The number of hydrogen-bond acceptors (Lipinski definition) is 6. The lowest BCUT2D eigenvalue weighted by Gasteiger charge is -2.05. The Kier molecular flexibility index (Phi) is 3.45. The number of carbonyl (C=O) groups is 1. The standard InChI is InChI=1S/C18H16N2O4/c1-22-12-7-5-11(6-8-12)16-15-13(18(21)23-2)9-14(10-3-4-10)19-17(15)24-20-16/h5-10H,3-4H2,1-2H3. The Morgan fingerprint density at radius 1 is 1.21 bits per heavy atom. The molecule has 6 nitrogen and oxygen atoms in total. The Hall–Kier alpha value is -2.89. The molecule has 1 aromatic carbocycles. The van der Waals surface area contributed by atoms with E-state index in [4.69, 9.17) is 14.0 Å². The van der Waals surface area contributed by atoms with Crippen molar-refractivity contribution in [2.75, 3.05) is 14.2 Å². The Morgan fingerprint density at radius 2 is 1.96 bits per heavy atom. The smallest absolute Gasteiger partial charge is 0.338 e. The van der Waals surface area contributed by atoms with Crippen molar-refractivity contribution < 1.29 is 18.8 Å². The first-order valence-electron chi connectivity index (χ1n) is 7.74. The van der Waals surface area contributed by atoms with E-state index in [1.807, 2.05) is 24.3 Å². The molecule has 6 heteroatoms. The summed E-state index contributed by atoms with van der Waals surface area (Å²) in [6.07, 6.45) is 2.16. The number of ether oxygens (including phenoxy) is 2. The third kappa shape index (κ3) is 2.40. The first-order chi connectivity index (χ1) is 11.7. The van der Waals surface area contributed by atoms with Gasteiger partial charge in [-0.05, 0) is 43.2 Å². The maximum atomic E-state index is 12.3. The fourth-order valence-corrected chi connectivity index (χ4v) is 2.78. The zero-order valence-electron chi connectivity index (χ0n) is 13.4. The molecule has 2 heterocycles. The molecule has 1 saturated carbocycles. The molecule has 1 aliphatic rings. The number of hydrogen-bond donors (Lipinski definition) is 0. The molecule has 24 heavy (non-hydrogen) atoms. The Morgan fingerprint density at radius 3 is 2.58 bits per heavy atom. The summed E-state index contributed by atoms with van der Waals surface area (Å²) in [6, 6.07) is 9.20. The average Bonchev–Trinajstić information content (AvgIpc) is 3.40. The predicted molar refractivity (Wildman–Crippen MR) is 87.1 cm³/mol. The van der Waals surface area contributed by atoms with Crippen LogP contribution in [0.5, 0.6) is 5.75 Å². The summed E-state index contributed by atoms with van der Waals surface area (Å²) in [5.74, 6) is 0.725. The molecular weight excluding hydrogens is 308 g/mol. The van der Waals surface area contributed by atoms with Crippen LogP contribution in [0.15, 0.2) is 34.9 Å². The van der Waals surface area contributed by atoms with E-state index >= 15 is 0 Å². The Bertz CT molecular complexity index is 911. The third-order valence-corrected chi connectivity index (χ3v) is 4.23. The molecule has 0 spiro atoms. The molecule has 0 saturated heterocycles. The van der Waals surface area contributed by atoms with E-state index < -0.39 is 5.97 Å². The van der Waals surface area contributed by atoms with Gasteiger partial charge < -0.3 is 14.0 Å². The van der Waals surface area contributed by atoms with Crippen molar-refractivity contribution in [3.05, 3.63) is 41.6 Å². The largest absolute Gasteiger partial charge is 0.497 e. The highest BCUT2D eigenvalue weighted by Crippen LogP contribution is 2.41. The quantitative estimate of drug-likeness (QED) is 0.683. The number of fused-ring (bicyclic) bond motifs is 1. The molecule has 0 atom stereocenters. The maximum absolute atomic E-state index is 12.3. The molecule has 0 N–H and O–H groups in total. The van der Waals surface area contributed by atoms with Crippen LogP contribution in [0.4, 0.5) is 0 Å². The minimum Gasteiger partial charge on any atom is -0.497 e. The molecule has 0 radical (unpaired) electrons. The topological polar surface area (TPSA) is 74.5 Å². The highest BCUT2D eigenvalue weighted by Gasteiger charge is 2.29. The SMILES string of the molecule is COC(=O)c1cc(C2CC2)nc2onc(-c3ccc(OC)cc3)c12. The van der Waals surface area contributed by atoms with Gasteiger partial charge in [0.2, 0.25) is 0 Å². The van der Waals surface area contributed by atoms with Crippen molar-refractivity contribution >= 4 is 17.1 Å². The van der Waals surface area contributed by atoms with E-state index in [0.29, 0.717) is 28.3 Å². The molecule has 4 rings (SSSR count). The molecule has 122 valence electrons. The normalized spacial score (nSPS) is 13.9. The van der Waals surface area contributed by atoms with Gasteiger partial charge in [-0.1, -0.05) is 5.16 Å². The van der Waals surface area contributed by atoms with Crippen molar-refractivity contribution in [1.29, 1.82) is 0 Å². The summed E-state index contributed by atoms with van der Waals surface area (Å²) in [6.45, 7) is 0. The van der Waals surface area contributed by atoms with E-state index in [1.54, 1.807) is 13.2 Å². The molecule has 0 bridgehead atoms. The number of esters is 1. The van der Waals surface area contributed by atoms with E-state index in [9.17, 15) is 4.79 Å². The van der Waals surface area contributed by atoms with Gasteiger partial charge in [0.05, 0.1) is 25.2 Å². The van der Waals surface area contributed by atoms with Crippen molar-refractivity contribution in [2.45, 2.75) is 18.8 Å². The lowest BCUT2D eigenvalue weighted by Crippen LogP contribution is -2.04. The van der Waals surface area contributed by atoms with Gasteiger partial charge in [0, 0.05) is 17.2 Å². The van der Waals surface area contributed by atoms with Crippen LogP contribution in [-0.2, 0) is 4.74 Å². The first-order valence-corrected chi connectivity index (χ1v) is 7.74. The molecule has 0 aliphatic heterocycles. The van der Waals surface area contributed by atoms with E-state index in [2.05, 4.69) is 10.1 Å². The summed E-state index contributed by atoms with van der Waals surface area (Å²) in [4.78, 5) is 16.8. The van der Waals surface area contributed by atoms with E-state index in [-0.39, 0.29) is 0 Å². The van der Waals surface area contributed by atoms with Gasteiger partial charge in [-0.25, -0.2) is 9.78 Å². The van der Waals surface area contributed by atoms with Crippen molar-refractivity contribution in [3.8, 4) is 17.0 Å². The summed E-state index contributed by atoms with van der Waals surface area (Å²) >= 11 is 0. The van der Waals surface area contributed by atoms with Crippen LogP contribution < -0.4 is 4.74 Å². The number of pyridine rings is 1. The second-order valence-electron chi connectivity index (χ2n) is 5.80. The number of methoxy groups -OCH3 is 2. The van der Waals surface area contributed by atoms with Gasteiger partial charge in [-0.15, -0.1) is 0 Å². The second kappa shape index (κ2) is 5.63. The lowest BCUT2D eigenvalue weighted by molar-refractivity contribution is 0.0602. The van der Waals surface area contributed by atoms with E-state index in [0.717, 1.165) is 29.8 Å². The Balaban J connectivity index is 1.91. The molecule has 1 fully saturated rings. The van der Waals surface area contributed by atoms with Crippen LogP contribution in [0.2, 0.25) is 0 Å². The summed E-state index contributed by atoms with van der Waals surface area (Å²) in [5.41, 5.74) is 3.06. The zero-order chi connectivity index (χ0) is 16.7. The fourth-order valence-electron chi connectivity index (χ4n) is 2.78. The number of benzene rings is 1. The third-order valence-electron chi connectivity index (χ3n) is 4.23. The van der Waals surface area contributed by atoms with Gasteiger partial charge in [-0.3, -0.25) is 0 Å². The highest BCUT2D eigenvalue weighted by molar-refractivity contribution is 6.07. The van der Waals surface area contributed by atoms with Gasteiger partial charge >= 0.3 is 5.97 Å². The lowest BCUT2D eigenvalue weighted by atomic mass is 10.0. The number of nitrogens with zero attached hydrogens (tertiary/aromatic N) is 2. The van der Waals surface area contributed by atoms with Gasteiger partial charge in [0.25, 0.3) is 5.71 Å². The highest BCUT2D eigenvalue weighted by atomic mass is 16.5. The zero-order valence-corrected chi connectivity index (χ0v) is 13.4. The van der Waals surface area contributed by atoms with Crippen molar-refractivity contribution in [1.82, 2.24) is 10.1 Å². The molecule has 3 aromatic rings. The van der Waals surface area contributed by atoms with Crippen LogP contribution >= 0.6 is 0 Å². The van der Waals surface area contributed by atoms with Crippen LogP contribution in [0, 0.1) is 0 Å². The molecule has 2 aromatic heterocycles. The first kappa shape index (κ1) is 14.7. The second-order valence-corrected chi connectivity index (χ2v) is 5.80.